The third kappa shape index (κ3) is 4.71. The molecular weight excluding hydrogens is 625 g/mol. The zero-order valence-electron chi connectivity index (χ0n) is 27.5. The van der Waals surface area contributed by atoms with Gasteiger partial charge in [-0.05, 0) is 77.9 Å². The molecule has 7 aromatic carbocycles. The van der Waals surface area contributed by atoms with Gasteiger partial charge < -0.3 is 9.13 Å². The Morgan fingerprint density at radius 2 is 0.941 bits per heavy atom. The summed E-state index contributed by atoms with van der Waals surface area (Å²) in [5.74, 6) is 0.0283. The maximum absolute atomic E-state index is 13.0. The van der Waals surface area contributed by atoms with Gasteiger partial charge in [0.15, 0.2) is 5.78 Å². The molecule has 10 aromatic rings. The van der Waals surface area contributed by atoms with Gasteiger partial charge in [-0.2, -0.15) is 5.10 Å². The van der Waals surface area contributed by atoms with Crippen molar-refractivity contribution in [3.8, 4) is 28.2 Å². The van der Waals surface area contributed by atoms with Crippen LogP contribution in [-0.2, 0) is 0 Å². The molecule has 5 heteroatoms. The first-order chi connectivity index (χ1) is 25.2. The predicted molar refractivity (Wildman–Crippen MR) is 208 cm³/mol. The lowest BCUT2D eigenvalue weighted by Gasteiger charge is -2.11. The molecule has 3 aromatic heterocycles. The molecule has 0 aliphatic carbocycles. The predicted octanol–water partition coefficient (Wildman–Crippen LogP) is 11.0. The molecule has 0 aliphatic heterocycles. The fourth-order valence-corrected chi connectivity index (χ4v) is 7.54. The van der Waals surface area contributed by atoms with E-state index in [0.29, 0.717) is 11.1 Å². The highest BCUT2D eigenvalue weighted by Crippen LogP contribution is 2.40. The van der Waals surface area contributed by atoms with Crippen LogP contribution < -0.4 is 0 Å². The van der Waals surface area contributed by atoms with Gasteiger partial charge in [0.25, 0.3) is 0 Å². The Morgan fingerprint density at radius 1 is 0.412 bits per heavy atom. The molecule has 51 heavy (non-hydrogen) atoms. The molecule has 0 aliphatic rings. The lowest BCUT2D eigenvalue weighted by atomic mass is 9.99. The van der Waals surface area contributed by atoms with Crippen molar-refractivity contribution in [2.75, 3.05) is 0 Å². The quantitative estimate of drug-likeness (QED) is 0.168. The molecule has 3 heterocycles. The zero-order valence-corrected chi connectivity index (χ0v) is 27.5. The normalized spacial score (nSPS) is 11.6. The second-order valence-electron chi connectivity index (χ2n) is 12.9. The number of hydrogen-bond donors (Lipinski definition) is 0. The van der Waals surface area contributed by atoms with Crippen LogP contribution in [0.1, 0.15) is 15.9 Å². The highest BCUT2D eigenvalue weighted by Gasteiger charge is 2.19. The smallest absolute Gasteiger partial charge is 0.193 e. The molecule has 0 atom stereocenters. The second-order valence-corrected chi connectivity index (χ2v) is 12.9. The fraction of sp³-hybridized carbons (Fsp3) is 0. The van der Waals surface area contributed by atoms with Gasteiger partial charge in [0, 0.05) is 56.4 Å². The molecule has 240 valence electrons. The maximum Gasteiger partial charge on any atom is 0.193 e. The standard InChI is InChI=1S/C46H30N4O/c51-46(33-10-3-1-4-11-33)34-18-16-31(17-19-34)32-20-22-36(23-21-32)50-43-25-24-37(48-27-9-26-47-48)28-39(43)41-30-44-40(29-45(41)50)38-14-7-8-15-42(38)49(44)35-12-5-2-6-13-35/h1-30H. The molecule has 0 radical (unpaired) electrons. The summed E-state index contributed by atoms with van der Waals surface area (Å²) in [4.78, 5) is 13.0. The van der Waals surface area contributed by atoms with Gasteiger partial charge in [-0.3, -0.25) is 4.79 Å². The Bertz CT molecular complexity index is 2880. The number of para-hydroxylation sites is 2. The maximum atomic E-state index is 13.0. The third-order valence-electron chi connectivity index (χ3n) is 9.97. The van der Waals surface area contributed by atoms with Crippen LogP contribution in [0.2, 0.25) is 0 Å². The first-order valence-electron chi connectivity index (χ1n) is 17.1. The van der Waals surface area contributed by atoms with Crippen molar-refractivity contribution in [1.29, 1.82) is 0 Å². The SMILES string of the molecule is O=C(c1ccccc1)c1ccc(-c2ccc(-n3c4ccc(-n5cccn5)cc4c4cc5c(cc43)c3ccccc3n5-c3ccccc3)cc2)cc1. The number of benzene rings is 7. The molecule has 0 N–H and O–H groups in total. The van der Waals surface area contributed by atoms with E-state index in [-0.39, 0.29) is 5.78 Å². The Balaban J connectivity index is 1.14. The molecule has 10 rings (SSSR count). The fourth-order valence-electron chi connectivity index (χ4n) is 7.54. The van der Waals surface area contributed by atoms with E-state index < -0.39 is 0 Å². The summed E-state index contributed by atoms with van der Waals surface area (Å²) in [6.45, 7) is 0. The van der Waals surface area contributed by atoms with Crippen molar-refractivity contribution in [1.82, 2.24) is 18.9 Å². The Kier molecular flexibility index (Phi) is 6.58. The van der Waals surface area contributed by atoms with Gasteiger partial charge >= 0.3 is 0 Å². The van der Waals surface area contributed by atoms with Gasteiger partial charge in [-0.15, -0.1) is 0 Å². The Labute approximate surface area is 293 Å². The van der Waals surface area contributed by atoms with Crippen LogP contribution in [0.5, 0.6) is 0 Å². The van der Waals surface area contributed by atoms with E-state index in [2.05, 4.69) is 123 Å². The zero-order chi connectivity index (χ0) is 33.9. The summed E-state index contributed by atoms with van der Waals surface area (Å²) in [6.07, 6.45) is 3.79. The van der Waals surface area contributed by atoms with E-state index in [4.69, 9.17) is 0 Å². The third-order valence-corrected chi connectivity index (χ3v) is 9.97. The van der Waals surface area contributed by atoms with E-state index in [1.807, 2.05) is 77.7 Å². The molecular formula is C46H30N4O. The number of carbonyl (C=O) groups excluding carboxylic acids is 1. The average Bonchev–Trinajstić information content (AvgIpc) is 3.93. The molecule has 0 fully saturated rings. The number of rotatable bonds is 6. The monoisotopic (exact) mass is 654 g/mol. The lowest BCUT2D eigenvalue weighted by Crippen LogP contribution is -2.00. The van der Waals surface area contributed by atoms with Gasteiger partial charge in [-0.1, -0.05) is 103 Å². The lowest BCUT2D eigenvalue weighted by molar-refractivity contribution is 0.103. The van der Waals surface area contributed by atoms with E-state index in [0.717, 1.165) is 44.6 Å². The molecule has 0 unspecified atom stereocenters. The summed E-state index contributed by atoms with van der Waals surface area (Å²) in [5, 5.41) is 9.29. The number of fused-ring (bicyclic) bond motifs is 6. The summed E-state index contributed by atoms with van der Waals surface area (Å²) >= 11 is 0. The van der Waals surface area contributed by atoms with Crippen molar-refractivity contribution < 1.29 is 4.79 Å². The molecule has 5 nitrogen and oxygen atoms in total. The van der Waals surface area contributed by atoms with Gasteiger partial charge in [-0.25, -0.2) is 4.68 Å². The molecule has 0 saturated heterocycles. The minimum Gasteiger partial charge on any atom is -0.309 e. The largest absolute Gasteiger partial charge is 0.309 e. The number of carbonyl (C=O) groups is 1. The van der Waals surface area contributed by atoms with Crippen LogP contribution in [0.4, 0.5) is 0 Å². The number of hydrogen-bond acceptors (Lipinski definition) is 2. The van der Waals surface area contributed by atoms with Crippen molar-refractivity contribution in [2.45, 2.75) is 0 Å². The highest BCUT2D eigenvalue weighted by molar-refractivity contribution is 6.19. The van der Waals surface area contributed by atoms with Crippen LogP contribution in [-0.4, -0.2) is 24.7 Å². The van der Waals surface area contributed by atoms with Crippen LogP contribution >= 0.6 is 0 Å². The van der Waals surface area contributed by atoms with Gasteiger partial charge in [0.05, 0.1) is 27.8 Å². The molecule has 0 spiro atoms. The minimum absolute atomic E-state index is 0.0283. The van der Waals surface area contributed by atoms with Crippen molar-refractivity contribution in [3.05, 3.63) is 193 Å². The number of ketones is 1. The van der Waals surface area contributed by atoms with Crippen LogP contribution in [0, 0.1) is 0 Å². The number of nitrogens with zero attached hydrogens (tertiary/aromatic N) is 4. The second kappa shape index (κ2) is 11.6. The van der Waals surface area contributed by atoms with Crippen LogP contribution in [0.25, 0.3) is 71.8 Å². The van der Waals surface area contributed by atoms with E-state index in [1.54, 1.807) is 0 Å². The van der Waals surface area contributed by atoms with Crippen molar-refractivity contribution in [3.63, 3.8) is 0 Å². The Morgan fingerprint density at radius 3 is 1.63 bits per heavy atom. The number of aromatic nitrogens is 4. The van der Waals surface area contributed by atoms with E-state index in [1.165, 1.54) is 27.2 Å². The van der Waals surface area contributed by atoms with Gasteiger partial charge in [0.2, 0.25) is 0 Å². The summed E-state index contributed by atoms with van der Waals surface area (Å²) in [5.41, 5.74) is 11.4. The summed E-state index contributed by atoms with van der Waals surface area (Å²) < 4.78 is 6.66. The van der Waals surface area contributed by atoms with Crippen LogP contribution in [0.3, 0.4) is 0 Å². The summed E-state index contributed by atoms with van der Waals surface area (Å²) in [6, 6.07) is 58.5. The van der Waals surface area contributed by atoms with E-state index >= 15 is 0 Å². The molecule has 0 bridgehead atoms. The molecule has 0 saturated carbocycles. The molecule has 0 amide bonds. The van der Waals surface area contributed by atoms with Crippen molar-refractivity contribution >= 4 is 49.4 Å². The minimum atomic E-state index is 0.0283. The Hall–Kier alpha value is -6.98. The van der Waals surface area contributed by atoms with E-state index in [9.17, 15) is 4.79 Å². The first kappa shape index (κ1) is 29.0. The van der Waals surface area contributed by atoms with Gasteiger partial charge in [0.1, 0.15) is 0 Å². The van der Waals surface area contributed by atoms with Crippen molar-refractivity contribution in [2.24, 2.45) is 0 Å². The topological polar surface area (TPSA) is 44.8 Å². The van der Waals surface area contributed by atoms with Crippen LogP contribution in [0.15, 0.2) is 182 Å². The first-order valence-corrected chi connectivity index (χ1v) is 17.1. The highest BCUT2D eigenvalue weighted by atomic mass is 16.1. The average molecular weight is 655 g/mol. The summed E-state index contributed by atoms with van der Waals surface area (Å²) in [7, 11) is 0.